The van der Waals surface area contributed by atoms with Gasteiger partial charge in [-0.25, -0.2) is 4.79 Å². The third-order valence-electron chi connectivity index (χ3n) is 8.21. The van der Waals surface area contributed by atoms with Gasteiger partial charge in [-0.2, -0.15) is 0 Å². The van der Waals surface area contributed by atoms with Gasteiger partial charge in [-0.1, -0.05) is 50.5 Å². The molecule has 0 saturated heterocycles. The lowest BCUT2D eigenvalue weighted by Gasteiger charge is -2.32. The fourth-order valence-electron chi connectivity index (χ4n) is 6.27. The lowest BCUT2D eigenvalue weighted by Crippen LogP contribution is -2.35. The van der Waals surface area contributed by atoms with E-state index in [1.165, 1.54) is 24.8 Å². The van der Waals surface area contributed by atoms with Crippen LogP contribution in [0.2, 0.25) is 0 Å². The summed E-state index contributed by atoms with van der Waals surface area (Å²) in [4.78, 5) is 53.5. The molecule has 3 rings (SSSR count). The standard InChI is InChI=1S/C11H19NO4.C10H16O2.C9H15NO4/c1-2-16-10(13)8-11(9-12(14)15)6-4-3-5-7-11;1-2-12-10(11)8-9-6-4-3-5-7-9;11-8(12)6-9(7-10(13)14)4-2-1-3-5-9/h2-9H2,1H3;8H,2-7H2,1H3;1-7H2,(H,11,12). The van der Waals surface area contributed by atoms with E-state index >= 15 is 0 Å². The van der Waals surface area contributed by atoms with Crippen LogP contribution in [0, 0.1) is 31.1 Å². The SMILES string of the molecule is CCOC(=O)C=C1CCCCC1.CCOC(=O)CC1(C[N+](=O)[O-])CCCCC1.O=C(O)CC1(C[N+](=O)[O-])CCCCC1. The zero-order valence-electron chi connectivity index (χ0n) is 25.4. The fourth-order valence-corrected chi connectivity index (χ4v) is 6.27. The number of nitro groups is 2. The first-order valence-electron chi connectivity index (χ1n) is 15.4. The maximum atomic E-state index is 11.5. The van der Waals surface area contributed by atoms with Gasteiger partial charge in [0, 0.05) is 26.8 Å². The molecule has 1 N–H and O–H groups in total. The van der Waals surface area contributed by atoms with Crippen molar-refractivity contribution in [3.8, 4) is 0 Å². The number of allylic oxidation sites excluding steroid dienone is 1. The summed E-state index contributed by atoms with van der Waals surface area (Å²) in [6.07, 6.45) is 16.6. The zero-order chi connectivity index (χ0) is 31.4. The van der Waals surface area contributed by atoms with E-state index in [9.17, 15) is 34.6 Å². The van der Waals surface area contributed by atoms with E-state index < -0.39 is 16.8 Å². The summed E-state index contributed by atoms with van der Waals surface area (Å²) >= 11 is 0. The van der Waals surface area contributed by atoms with Crippen molar-refractivity contribution < 1.29 is 38.8 Å². The van der Waals surface area contributed by atoms with Crippen molar-refractivity contribution in [3.63, 3.8) is 0 Å². The van der Waals surface area contributed by atoms with Crippen LogP contribution in [0.5, 0.6) is 0 Å². The van der Waals surface area contributed by atoms with Crippen LogP contribution in [0.4, 0.5) is 0 Å². The second-order valence-electron chi connectivity index (χ2n) is 11.8. The second kappa shape index (κ2) is 20.0. The Bertz CT molecular complexity index is 880. The monoisotopic (exact) mass is 598 g/mol. The molecule has 3 saturated carbocycles. The highest BCUT2D eigenvalue weighted by molar-refractivity contribution is 5.82. The van der Waals surface area contributed by atoms with Crippen LogP contribution in [-0.2, 0) is 23.9 Å². The van der Waals surface area contributed by atoms with Crippen molar-refractivity contribution in [1.82, 2.24) is 0 Å². The Morgan fingerprint density at radius 1 is 0.738 bits per heavy atom. The number of hydrogen-bond donors (Lipinski definition) is 1. The number of carbonyl (C=O) groups excluding carboxylic acids is 2. The predicted octanol–water partition coefficient (Wildman–Crippen LogP) is 6.30. The molecule has 0 aromatic carbocycles. The van der Waals surface area contributed by atoms with Gasteiger partial charge in [0.2, 0.25) is 13.1 Å². The number of aliphatic carboxylic acids is 1. The molecule has 240 valence electrons. The molecule has 12 heteroatoms. The minimum Gasteiger partial charge on any atom is -0.481 e. The van der Waals surface area contributed by atoms with Gasteiger partial charge in [0.15, 0.2) is 0 Å². The molecular formula is C30H50N2O10. The molecule has 3 aliphatic rings. The minimum absolute atomic E-state index is 0.0615. The quantitative estimate of drug-likeness (QED) is 0.123. The minimum atomic E-state index is -0.922. The van der Waals surface area contributed by atoms with Crippen molar-refractivity contribution >= 4 is 17.9 Å². The average Bonchev–Trinajstić information content (AvgIpc) is 2.90. The Morgan fingerprint density at radius 3 is 1.57 bits per heavy atom. The molecule has 0 spiro atoms. The van der Waals surface area contributed by atoms with Crippen molar-refractivity contribution in [3.05, 3.63) is 31.9 Å². The molecule has 0 unspecified atom stereocenters. The summed E-state index contributed by atoms with van der Waals surface area (Å²) in [7, 11) is 0. The first kappa shape index (κ1) is 37.0. The van der Waals surface area contributed by atoms with Gasteiger partial charge in [-0.3, -0.25) is 29.8 Å². The molecule has 0 aromatic heterocycles. The van der Waals surface area contributed by atoms with Gasteiger partial charge in [0.25, 0.3) is 0 Å². The van der Waals surface area contributed by atoms with Crippen molar-refractivity contribution in [2.24, 2.45) is 10.8 Å². The Morgan fingerprint density at radius 2 is 1.17 bits per heavy atom. The average molecular weight is 599 g/mol. The number of carbonyl (C=O) groups is 3. The third-order valence-corrected chi connectivity index (χ3v) is 8.21. The lowest BCUT2D eigenvalue weighted by molar-refractivity contribution is -0.498. The molecule has 0 heterocycles. The van der Waals surface area contributed by atoms with E-state index in [-0.39, 0.29) is 47.7 Å². The van der Waals surface area contributed by atoms with Crippen molar-refractivity contribution in [1.29, 1.82) is 0 Å². The van der Waals surface area contributed by atoms with Gasteiger partial charge < -0.3 is 14.6 Å². The Balaban J connectivity index is 0.000000318. The molecule has 0 aliphatic heterocycles. The molecule has 42 heavy (non-hydrogen) atoms. The normalized spacial score (nSPS) is 19.0. The van der Waals surface area contributed by atoms with E-state index in [0.717, 1.165) is 64.2 Å². The topological polar surface area (TPSA) is 176 Å². The van der Waals surface area contributed by atoms with Gasteiger partial charge in [-0.15, -0.1) is 0 Å². The third kappa shape index (κ3) is 15.8. The van der Waals surface area contributed by atoms with E-state index in [4.69, 9.17) is 14.6 Å². The Kier molecular flexibility index (Phi) is 17.6. The number of nitrogens with zero attached hydrogens (tertiary/aromatic N) is 2. The molecule has 3 aliphatic carbocycles. The molecule has 0 bridgehead atoms. The molecule has 0 amide bonds. The molecule has 0 radical (unpaired) electrons. The van der Waals surface area contributed by atoms with Crippen LogP contribution in [0.1, 0.15) is 123 Å². The van der Waals surface area contributed by atoms with E-state index in [1.807, 2.05) is 6.92 Å². The molecule has 0 aromatic rings. The number of hydrogen-bond acceptors (Lipinski definition) is 9. The maximum Gasteiger partial charge on any atom is 0.330 e. The van der Waals surface area contributed by atoms with Gasteiger partial charge >= 0.3 is 17.9 Å². The first-order valence-corrected chi connectivity index (χ1v) is 15.4. The number of rotatable bonds is 11. The summed E-state index contributed by atoms with van der Waals surface area (Å²) in [5.41, 5.74) is 0.237. The van der Waals surface area contributed by atoms with E-state index in [1.54, 1.807) is 13.0 Å². The van der Waals surface area contributed by atoms with E-state index in [2.05, 4.69) is 0 Å². The van der Waals surface area contributed by atoms with Crippen LogP contribution in [0.3, 0.4) is 0 Å². The summed E-state index contributed by atoms with van der Waals surface area (Å²) in [5.74, 6) is -1.39. The largest absolute Gasteiger partial charge is 0.481 e. The van der Waals surface area contributed by atoms with Gasteiger partial charge in [0.1, 0.15) is 0 Å². The maximum absolute atomic E-state index is 11.5. The molecule has 12 nitrogen and oxygen atoms in total. The molecular weight excluding hydrogens is 548 g/mol. The van der Waals surface area contributed by atoms with Crippen LogP contribution >= 0.6 is 0 Å². The zero-order valence-corrected chi connectivity index (χ0v) is 25.4. The fraction of sp³-hybridized carbons (Fsp3) is 0.833. The highest BCUT2D eigenvalue weighted by Crippen LogP contribution is 2.40. The van der Waals surface area contributed by atoms with Crippen molar-refractivity contribution in [2.45, 2.75) is 123 Å². The van der Waals surface area contributed by atoms with Crippen molar-refractivity contribution in [2.75, 3.05) is 26.3 Å². The summed E-state index contributed by atoms with van der Waals surface area (Å²) in [6.45, 7) is 4.09. The summed E-state index contributed by atoms with van der Waals surface area (Å²) < 4.78 is 9.72. The van der Waals surface area contributed by atoms with Crippen LogP contribution in [-0.4, -0.2) is 59.2 Å². The van der Waals surface area contributed by atoms with Crippen LogP contribution < -0.4 is 0 Å². The molecule has 0 atom stereocenters. The van der Waals surface area contributed by atoms with Gasteiger partial charge in [0.05, 0.1) is 26.1 Å². The second-order valence-corrected chi connectivity index (χ2v) is 11.8. The number of carboxylic acid groups (broad SMARTS) is 1. The highest BCUT2D eigenvalue weighted by Gasteiger charge is 2.40. The molecule has 3 fully saturated rings. The Hall–Kier alpha value is -3.05. The van der Waals surface area contributed by atoms with Crippen LogP contribution in [0.25, 0.3) is 0 Å². The lowest BCUT2D eigenvalue weighted by atomic mass is 9.72. The number of ether oxygens (including phenoxy) is 2. The number of esters is 2. The van der Waals surface area contributed by atoms with E-state index in [0.29, 0.717) is 26.1 Å². The number of carboxylic acids is 1. The highest BCUT2D eigenvalue weighted by atomic mass is 16.6. The summed E-state index contributed by atoms with van der Waals surface area (Å²) in [6, 6.07) is 0. The predicted molar refractivity (Wildman–Crippen MR) is 156 cm³/mol. The smallest absolute Gasteiger partial charge is 0.330 e. The van der Waals surface area contributed by atoms with Crippen LogP contribution in [0.15, 0.2) is 11.6 Å². The van der Waals surface area contributed by atoms with Gasteiger partial charge in [-0.05, 0) is 65.2 Å². The first-order chi connectivity index (χ1) is 19.9. The Labute approximate surface area is 248 Å². The summed E-state index contributed by atoms with van der Waals surface area (Å²) in [5, 5.41) is 29.9.